The molecule has 2 aromatic rings. The number of hydrogen-bond acceptors (Lipinski definition) is 3. The van der Waals surface area contributed by atoms with Gasteiger partial charge in [-0.2, -0.15) is 5.10 Å². The molecule has 1 aromatic carbocycles. The molecule has 0 radical (unpaired) electrons. The molecule has 0 saturated carbocycles. The zero-order valence-corrected chi connectivity index (χ0v) is 12.7. The molecule has 1 amide bonds. The van der Waals surface area contributed by atoms with Crippen LogP contribution in [-0.2, 0) is 11.3 Å². The van der Waals surface area contributed by atoms with E-state index in [1.807, 2.05) is 0 Å². The average Bonchev–Trinajstić information content (AvgIpc) is 2.95. The lowest BCUT2D eigenvalue weighted by Crippen LogP contribution is -2.33. The van der Waals surface area contributed by atoms with E-state index in [0.29, 0.717) is 12.1 Å². The van der Waals surface area contributed by atoms with Crippen LogP contribution in [0, 0.1) is 5.82 Å². The second-order valence-electron chi connectivity index (χ2n) is 4.48. The number of likely N-dealkylation sites (N-methyl/N-ethyl adjacent to an activating group) is 1. The monoisotopic (exact) mass is 340 g/mol. The van der Waals surface area contributed by atoms with Gasteiger partial charge in [0.05, 0.1) is 0 Å². The summed E-state index contributed by atoms with van der Waals surface area (Å²) < 4.78 is 15.5. The third-order valence-electron chi connectivity index (χ3n) is 2.98. The van der Waals surface area contributed by atoms with E-state index in [1.165, 1.54) is 34.4 Å². The molecule has 0 spiro atoms. The van der Waals surface area contributed by atoms with E-state index < -0.39 is 6.04 Å². The smallest absolute Gasteiger partial charge is 0.247 e. The van der Waals surface area contributed by atoms with Gasteiger partial charge in [0.1, 0.15) is 24.5 Å². The van der Waals surface area contributed by atoms with Gasteiger partial charge in [-0.25, -0.2) is 14.1 Å². The van der Waals surface area contributed by atoms with Crippen molar-refractivity contribution in [3.63, 3.8) is 0 Å². The van der Waals surface area contributed by atoms with Crippen molar-refractivity contribution in [2.24, 2.45) is 0 Å². The van der Waals surface area contributed by atoms with E-state index in [2.05, 4.69) is 26.0 Å². The molecule has 106 valence electrons. The Kier molecular flexibility index (Phi) is 4.49. The van der Waals surface area contributed by atoms with Gasteiger partial charge < -0.3 is 4.90 Å². The number of nitrogens with zero attached hydrogens (tertiary/aromatic N) is 4. The Morgan fingerprint density at radius 2 is 2.30 bits per heavy atom. The Labute approximate surface area is 124 Å². The number of amides is 1. The van der Waals surface area contributed by atoms with Crippen molar-refractivity contribution in [1.82, 2.24) is 19.7 Å². The number of halogens is 2. The molecule has 7 heteroatoms. The van der Waals surface area contributed by atoms with Crippen LogP contribution in [0.5, 0.6) is 0 Å². The van der Waals surface area contributed by atoms with Crippen LogP contribution in [0.1, 0.15) is 18.5 Å². The van der Waals surface area contributed by atoms with E-state index in [-0.39, 0.29) is 11.7 Å². The van der Waals surface area contributed by atoms with Crippen molar-refractivity contribution in [2.75, 3.05) is 7.05 Å². The lowest BCUT2D eigenvalue weighted by Gasteiger charge is -2.22. The third-order valence-corrected chi connectivity index (χ3v) is 3.76. The Balaban J connectivity index is 2.09. The summed E-state index contributed by atoms with van der Waals surface area (Å²) in [6.07, 6.45) is 2.88. The van der Waals surface area contributed by atoms with Crippen molar-refractivity contribution < 1.29 is 9.18 Å². The largest absolute Gasteiger partial charge is 0.340 e. The summed E-state index contributed by atoms with van der Waals surface area (Å²) in [5, 5.41) is 3.95. The van der Waals surface area contributed by atoms with Crippen molar-refractivity contribution in [3.05, 3.63) is 46.7 Å². The van der Waals surface area contributed by atoms with Crippen LogP contribution in [0.4, 0.5) is 4.39 Å². The first-order chi connectivity index (χ1) is 9.49. The Morgan fingerprint density at radius 1 is 1.55 bits per heavy atom. The molecule has 1 aromatic heterocycles. The highest BCUT2D eigenvalue weighted by molar-refractivity contribution is 9.10. The van der Waals surface area contributed by atoms with Crippen molar-refractivity contribution in [1.29, 1.82) is 0 Å². The van der Waals surface area contributed by atoms with Crippen LogP contribution in [0.25, 0.3) is 0 Å². The highest BCUT2D eigenvalue weighted by Gasteiger charge is 2.20. The molecule has 0 fully saturated rings. The molecule has 5 nitrogen and oxygen atoms in total. The summed E-state index contributed by atoms with van der Waals surface area (Å²) in [5.41, 5.74) is 0.714. The predicted molar refractivity (Wildman–Crippen MR) is 75.3 cm³/mol. The molecule has 1 heterocycles. The van der Waals surface area contributed by atoms with Crippen molar-refractivity contribution in [3.8, 4) is 0 Å². The van der Waals surface area contributed by atoms with Crippen LogP contribution in [0.2, 0.25) is 0 Å². The van der Waals surface area contributed by atoms with Gasteiger partial charge in [0.25, 0.3) is 0 Å². The van der Waals surface area contributed by atoms with Gasteiger partial charge in [0.2, 0.25) is 5.91 Å². The summed E-state index contributed by atoms with van der Waals surface area (Å²) in [6, 6.07) is 3.96. The Bertz CT molecular complexity index is 602. The SMILES string of the molecule is CC(C(=O)N(C)Cc1cc(F)ccc1Br)n1cncn1. The fraction of sp³-hybridized carbons (Fsp3) is 0.308. The van der Waals surface area contributed by atoms with Crippen LogP contribution < -0.4 is 0 Å². The van der Waals surface area contributed by atoms with E-state index in [0.717, 1.165) is 4.47 Å². The number of benzene rings is 1. The molecule has 0 aliphatic rings. The third kappa shape index (κ3) is 3.22. The first-order valence-electron chi connectivity index (χ1n) is 6.02. The molecule has 20 heavy (non-hydrogen) atoms. The van der Waals surface area contributed by atoms with Gasteiger partial charge >= 0.3 is 0 Å². The Hall–Kier alpha value is -1.76. The lowest BCUT2D eigenvalue weighted by atomic mass is 10.2. The number of hydrogen-bond donors (Lipinski definition) is 0. The molecule has 0 bridgehead atoms. The molecule has 0 N–H and O–H groups in total. The summed E-state index contributed by atoms with van der Waals surface area (Å²) in [6.45, 7) is 2.06. The predicted octanol–water partition coefficient (Wildman–Crippen LogP) is 2.40. The normalized spacial score (nSPS) is 12.2. The van der Waals surface area contributed by atoms with Crippen molar-refractivity contribution in [2.45, 2.75) is 19.5 Å². The topological polar surface area (TPSA) is 51.0 Å². The second kappa shape index (κ2) is 6.13. The fourth-order valence-corrected chi connectivity index (χ4v) is 2.22. The van der Waals surface area contributed by atoms with Gasteiger partial charge in [-0.15, -0.1) is 0 Å². The zero-order valence-electron chi connectivity index (χ0n) is 11.1. The molecule has 0 aliphatic carbocycles. The minimum absolute atomic E-state index is 0.119. The van der Waals surface area contributed by atoms with E-state index in [1.54, 1.807) is 20.0 Å². The molecule has 2 rings (SSSR count). The minimum atomic E-state index is -0.449. The maximum Gasteiger partial charge on any atom is 0.247 e. The van der Waals surface area contributed by atoms with Gasteiger partial charge in [-0.3, -0.25) is 4.79 Å². The first kappa shape index (κ1) is 14.6. The quantitative estimate of drug-likeness (QED) is 0.858. The van der Waals surface area contributed by atoms with Gasteiger partial charge in [0, 0.05) is 18.1 Å². The molecule has 1 unspecified atom stereocenters. The molecular formula is C13H14BrFN4O. The summed E-state index contributed by atoms with van der Waals surface area (Å²) >= 11 is 3.35. The number of carbonyl (C=O) groups excluding carboxylic acids is 1. The highest BCUT2D eigenvalue weighted by atomic mass is 79.9. The van der Waals surface area contributed by atoms with Crippen LogP contribution in [-0.4, -0.2) is 32.6 Å². The van der Waals surface area contributed by atoms with Gasteiger partial charge in [-0.05, 0) is 30.7 Å². The van der Waals surface area contributed by atoms with Crippen LogP contribution in [0.3, 0.4) is 0 Å². The minimum Gasteiger partial charge on any atom is -0.340 e. The number of rotatable bonds is 4. The van der Waals surface area contributed by atoms with E-state index >= 15 is 0 Å². The molecule has 1 atom stereocenters. The summed E-state index contributed by atoms with van der Waals surface area (Å²) in [4.78, 5) is 17.6. The van der Waals surface area contributed by atoms with E-state index in [4.69, 9.17) is 0 Å². The number of carbonyl (C=O) groups is 1. The van der Waals surface area contributed by atoms with Crippen molar-refractivity contribution >= 4 is 21.8 Å². The molecule has 0 saturated heterocycles. The maximum absolute atomic E-state index is 13.2. The van der Waals surface area contributed by atoms with Gasteiger partial charge in [0.15, 0.2) is 0 Å². The van der Waals surface area contributed by atoms with Crippen LogP contribution in [0.15, 0.2) is 35.3 Å². The lowest BCUT2D eigenvalue weighted by molar-refractivity contribution is -0.133. The van der Waals surface area contributed by atoms with E-state index in [9.17, 15) is 9.18 Å². The Morgan fingerprint density at radius 3 is 2.95 bits per heavy atom. The molecule has 0 aliphatic heterocycles. The molecular weight excluding hydrogens is 327 g/mol. The standard InChI is InChI=1S/C13H14BrFN4O/c1-9(19-8-16-7-17-19)13(20)18(2)6-10-5-11(15)3-4-12(10)14/h3-5,7-9H,6H2,1-2H3. The zero-order chi connectivity index (χ0) is 14.7. The highest BCUT2D eigenvalue weighted by Crippen LogP contribution is 2.20. The average molecular weight is 341 g/mol. The fourth-order valence-electron chi connectivity index (χ4n) is 1.85. The van der Waals surface area contributed by atoms with Crippen LogP contribution >= 0.6 is 15.9 Å². The first-order valence-corrected chi connectivity index (χ1v) is 6.81. The summed E-state index contributed by atoms with van der Waals surface area (Å²) in [5.74, 6) is -0.444. The maximum atomic E-state index is 13.2. The summed E-state index contributed by atoms with van der Waals surface area (Å²) in [7, 11) is 1.67. The number of aromatic nitrogens is 3. The van der Waals surface area contributed by atoms with Gasteiger partial charge in [-0.1, -0.05) is 15.9 Å². The second-order valence-corrected chi connectivity index (χ2v) is 5.34.